The normalized spacial score (nSPS) is 26.2. The van der Waals surface area contributed by atoms with Crippen LogP contribution >= 0.6 is 0 Å². The molecule has 0 spiro atoms. The Bertz CT molecular complexity index is 475. The maximum absolute atomic E-state index is 13.1. The number of benzene rings is 1. The molecular weight excluding hydrogens is 280 g/mol. The van der Waals surface area contributed by atoms with Crippen molar-refractivity contribution in [2.75, 3.05) is 6.61 Å². The van der Waals surface area contributed by atoms with Crippen molar-refractivity contribution in [1.29, 1.82) is 0 Å². The van der Waals surface area contributed by atoms with E-state index in [1.807, 2.05) is 0 Å². The van der Waals surface area contributed by atoms with Gasteiger partial charge in [-0.1, -0.05) is 0 Å². The number of hydrogen-bond donors (Lipinski definition) is 1. The van der Waals surface area contributed by atoms with Crippen LogP contribution in [0.2, 0.25) is 0 Å². The zero-order chi connectivity index (χ0) is 14.9. The highest BCUT2D eigenvalue weighted by Gasteiger charge is 2.43. The summed E-state index contributed by atoms with van der Waals surface area (Å²) in [5.41, 5.74) is -1.37. The first-order valence-electron chi connectivity index (χ1n) is 6.16. The second-order valence-corrected chi connectivity index (χ2v) is 4.52. The predicted octanol–water partition coefficient (Wildman–Crippen LogP) is 2.76. The molecule has 0 aromatic heterocycles. The molecule has 0 bridgehead atoms. The first-order valence-corrected chi connectivity index (χ1v) is 6.16. The third-order valence-electron chi connectivity index (χ3n) is 3.11. The molecule has 0 aliphatic heterocycles. The predicted molar refractivity (Wildman–Crippen MR) is 61.9 cm³/mol. The lowest BCUT2D eigenvalue weighted by atomic mass is 9.88. The Morgan fingerprint density at radius 2 is 2.05 bits per heavy atom. The first-order chi connectivity index (χ1) is 9.32. The molecule has 3 atom stereocenters. The van der Waals surface area contributed by atoms with Gasteiger partial charge in [-0.15, -0.1) is 0 Å². The number of aliphatic hydroxyl groups is 1. The summed E-state index contributed by atoms with van der Waals surface area (Å²) < 4.78 is 61.4. The summed E-state index contributed by atoms with van der Waals surface area (Å²) in [4.78, 5) is 0. The number of aliphatic hydroxyl groups excluding tert-OH is 1. The zero-order valence-electron chi connectivity index (χ0n) is 10.7. The van der Waals surface area contributed by atoms with Gasteiger partial charge in [0.05, 0.1) is 11.7 Å². The lowest BCUT2D eigenvalue weighted by Crippen LogP contribution is -2.55. The van der Waals surface area contributed by atoms with E-state index in [0.717, 1.165) is 6.07 Å². The molecule has 3 unspecified atom stereocenters. The van der Waals surface area contributed by atoms with Crippen molar-refractivity contribution >= 4 is 0 Å². The Kier molecular flexibility index (Phi) is 4.19. The topological polar surface area (TPSA) is 38.7 Å². The van der Waals surface area contributed by atoms with E-state index in [1.165, 1.54) is 0 Å². The molecule has 20 heavy (non-hydrogen) atoms. The quantitative estimate of drug-likeness (QED) is 0.868. The second-order valence-electron chi connectivity index (χ2n) is 4.52. The molecular formula is C13H14F4O3. The van der Waals surface area contributed by atoms with Crippen LogP contribution in [-0.2, 0) is 10.9 Å². The number of alkyl halides is 3. The Labute approximate surface area is 113 Å². The first kappa shape index (κ1) is 15.1. The van der Waals surface area contributed by atoms with Crippen molar-refractivity contribution < 1.29 is 32.1 Å². The van der Waals surface area contributed by atoms with Gasteiger partial charge in [-0.05, 0) is 25.1 Å². The lowest BCUT2D eigenvalue weighted by Gasteiger charge is -2.40. The summed E-state index contributed by atoms with van der Waals surface area (Å²) in [5, 5.41) is 9.47. The average Bonchev–Trinajstić information content (AvgIpc) is 2.36. The number of halogens is 4. The van der Waals surface area contributed by atoms with Gasteiger partial charge in [0.15, 0.2) is 0 Å². The minimum absolute atomic E-state index is 0.0969. The van der Waals surface area contributed by atoms with E-state index in [1.54, 1.807) is 6.92 Å². The van der Waals surface area contributed by atoms with Crippen molar-refractivity contribution in [3.63, 3.8) is 0 Å². The largest absolute Gasteiger partial charge is 0.487 e. The fourth-order valence-corrected chi connectivity index (χ4v) is 2.05. The summed E-state index contributed by atoms with van der Waals surface area (Å²) in [6, 6.07) is 2.45. The van der Waals surface area contributed by atoms with Gasteiger partial charge in [0, 0.05) is 13.0 Å². The van der Waals surface area contributed by atoms with Crippen molar-refractivity contribution in [2.45, 2.75) is 37.8 Å². The highest BCUT2D eigenvalue weighted by Crippen LogP contribution is 2.35. The second kappa shape index (κ2) is 5.57. The van der Waals surface area contributed by atoms with Crippen LogP contribution in [0.3, 0.4) is 0 Å². The van der Waals surface area contributed by atoms with Crippen molar-refractivity contribution in [3.8, 4) is 5.75 Å². The molecule has 1 fully saturated rings. The molecule has 0 radical (unpaired) electrons. The minimum atomic E-state index is -4.78. The fourth-order valence-electron chi connectivity index (χ4n) is 2.05. The van der Waals surface area contributed by atoms with Crippen LogP contribution in [0, 0.1) is 5.82 Å². The Morgan fingerprint density at radius 3 is 2.60 bits per heavy atom. The molecule has 7 heteroatoms. The van der Waals surface area contributed by atoms with Gasteiger partial charge >= 0.3 is 6.18 Å². The molecule has 112 valence electrons. The van der Waals surface area contributed by atoms with Gasteiger partial charge in [-0.3, -0.25) is 0 Å². The molecule has 0 amide bonds. The van der Waals surface area contributed by atoms with Gasteiger partial charge in [0.1, 0.15) is 23.8 Å². The monoisotopic (exact) mass is 294 g/mol. The maximum Gasteiger partial charge on any atom is 0.419 e. The third-order valence-corrected chi connectivity index (χ3v) is 3.11. The summed E-state index contributed by atoms with van der Waals surface area (Å²) in [6.07, 6.45) is -6.30. The molecule has 2 rings (SSSR count). The molecule has 3 nitrogen and oxygen atoms in total. The smallest absolute Gasteiger partial charge is 0.419 e. The Balaban J connectivity index is 2.11. The highest BCUT2D eigenvalue weighted by molar-refractivity contribution is 5.32. The van der Waals surface area contributed by atoms with Crippen LogP contribution in [-0.4, -0.2) is 30.0 Å². The van der Waals surface area contributed by atoms with Crippen LogP contribution < -0.4 is 4.74 Å². The van der Waals surface area contributed by atoms with E-state index < -0.39 is 35.9 Å². The van der Waals surface area contributed by atoms with Gasteiger partial charge in [-0.2, -0.15) is 13.2 Å². The lowest BCUT2D eigenvalue weighted by molar-refractivity contribution is -0.160. The van der Waals surface area contributed by atoms with Crippen molar-refractivity contribution in [2.24, 2.45) is 0 Å². The number of hydrogen-bond acceptors (Lipinski definition) is 3. The van der Waals surface area contributed by atoms with Crippen LogP contribution in [0.5, 0.6) is 5.75 Å². The maximum atomic E-state index is 13.1. The SMILES string of the molecule is CCOC1C(O)CC1Oc1ccc(F)c(C(F)(F)F)c1. The Hall–Kier alpha value is -1.34. The summed E-state index contributed by atoms with van der Waals surface area (Å²) >= 11 is 0. The van der Waals surface area contributed by atoms with Gasteiger partial charge < -0.3 is 14.6 Å². The van der Waals surface area contributed by atoms with Gasteiger partial charge in [-0.25, -0.2) is 4.39 Å². The standard InChI is InChI=1S/C13H14F4O3/c1-2-19-12-10(18)6-11(12)20-7-3-4-9(14)8(5-7)13(15,16)17/h3-5,10-12,18H,2,6H2,1H3. The Morgan fingerprint density at radius 1 is 1.35 bits per heavy atom. The van der Waals surface area contributed by atoms with Crippen LogP contribution in [0.1, 0.15) is 18.9 Å². The van der Waals surface area contributed by atoms with Crippen molar-refractivity contribution in [3.05, 3.63) is 29.6 Å². The molecule has 1 aliphatic rings. The zero-order valence-corrected chi connectivity index (χ0v) is 10.7. The molecule has 1 saturated carbocycles. The van der Waals surface area contributed by atoms with Crippen LogP contribution in [0.4, 0.5) is 17.6 Å². The molecule has 1 N–H and O–H groups in total. The summed E-state index contributed by atoms with van der Waals surface area (Å²) in [7, 11) is 0. The summed E-state index contributed by atoms with van der Waals surface area (Å²) in [5.74, 6) is -1.44. The van der Waals surface area contributed by atoms with E-state index in [4.69, 9.17) is 9.47 Å². The van der Waals surface area contributed by atoms with Crippen molar-refractivity contribution in [1.82, 2.24) is 0 Å². The molecule has 1 aromatic rings. The number of rotatable bonds is 4. The van der Waals surface area contributed by atoms with Gasteiger partial charge in [0.2, 0.25) is 0 Å². The van der Waals surface area contributed by atoms with Crippen LogP contribution in [0.25, 0.3) is 0 Å². The molecule has 0 heterocycles. The average molecular weight is 294 g/mol. The van der Waals surface area contributed by atoms with E-state index in [2.05, 4.69) is 0 Å². The van der Waals surface area contributed by atoms with E-state index in [9.17, 15) is 22.7 Å². The number of ether oxygens (including phenoxy) is 2. The third kappa shape index (κ3) is 3.04. The highest BCUT2D eigenvalue weighted by atomic mass is 19.4. The molecule has 1 aromatic carbocycles. The van der Waals surface area contributed by atoms with E-state index in [0.29, 0.717) is 18.7 Å². The van der Waals surface area contributed by atoms with Gasteiger partial charge in [0.25, 0.3) is 0 Å². The molecule has 1 aliphatic carbocycles. The molecule has 0 saturated heterocycles. The summed E-state index contributed by atoms with van der Waals surface area (Å²) in [6.45, 7) is 2.10. The van der Waals surface area contributed by atoms with E-state index >= 15 is 0 Å². The van der Waals surface area contributed by atoms with Crippen LogP contribution in [0.15, 0.2) is 18.2 Å². The fraction of sp³-hybridized carbons (Fsp3) is 0.538. The minimum Gasteiger partial charge on any atom is -0.487 e. The van der Waals surface area contributed by atoms with E-state index in [-0.39, 0.29) is 12.2 Å².